The second kappa shape index (κ2) is 10.3. The van der Waals surface area contributed by atoms with Gasteiger partial charge >= 0.3 is 0 Å². The van der Waals surface area contributed by atoms with Crippen molar-refractivity contribution < 1.29 is 13.2 Å². The molecule has 0 bridgehead atoms. The van der Waals surface area contributed by atoms with Gasteiger partial charge in [0.2, 0.25) is 10.0 Å². The van der Waals surface area contributed by atoms with Crippen LogP contribution in [0.15, 0.2) is 34.5 Å². The Morgan fingerprint density at radius 3 is 2.54 bits per heavy atom. The van der Waals surface area contributed by atoms with Gasteiger partial charge in [-0.3, -0.25) is 0 Å². The molecule has 0 radical (unpaired) electrons. The van der Waals surface area contributed by atoms with Crippen molar-refractivity contribution in [2.24, 2.45) is 0 Å². The van der Waals surface area contributed by atoms with Crippen molar-refractivity contribution in [1.82, 2.24) is 9.29 Å². The van der Waals surface area contributed by atoms with Crippen molar-refractivity contribution in [2.75, 3.05) is 38.2 Å². The second-order valence-corrected chi connectivity index (χ2v) is 9.65. The molecule has 3 rings (SSSR count). The van der Waals surface area contributed by atoms with Crippen LogP contribution in [0.5, 0.6) is 0 Å². The summed E-state index contributed by atoms with van der Waals surface area (Å²) in [6.45, 7) is 5.54. The zero-order valence-electron chi connectivity index (χ0n) is 16.4. The predicted molar refractivity (Wildman–Crippen MR) is 114 cm³/mol. The number of nitrogens with one attached hydrogen (secondary N) is 1. The molecule has 1 aromatic heterocycles. The van der Waals surface area contributed by atoms with Crippen molar-refractivity contribution in [1.29, 1.82) is 0 Å². The molecule has 2 heterocycles. The molecule has 0 spiro atoms. The van der Waals surface area contributed by atoms with Gasteiger partial charge in [-0.15, -0.1) is 11.3 Å². The summed E-state index contributed by atoms with van der Waals surface area (Å²) in [7, 11) is -3.41. The van der Waals surface area contributed by atoms with E-state index in [1.165, 1.54) is 0 Å². The van der Waals surface area contributed by atoms with Crippen LogP contribution < -0.4 is 5.32 Å². The van der Waals surface area contributed by atoms with Crippen LogP contribution in [0.3, 0.4) is 0 Å². The summed E-state index contributed by atoms with van der Waals surface area (Å²) in [6, 6.07) is 7.09. The third-order valence-corrected chi connectivity index (χ3v) is 7.52. The van der Waals surface area contributed by atoms with E-state index >= 15 is 0 Å². The van der Waals surface area contributed by atoms with Gasteiger partial charge in [0.05, 0.1) is 10.6 Å². The number of rotatable bonds is 9. The van der Waals surface area contributed by atoms with E-state index in [0.717, 1.165) is 68.3 Å². The van der Waals surface area contributed by atoms with Crippen molar-refractivity contribution in [3.8, 4) is 11.3 Å². The van der Waals surface area contributed by atoms with Crippen molar-refractivity contribution in [3.05, 3.63) is 29.6 Å². The van der Waals surface area contributed by atoms with Gasteiger partial charge < -0.3 is 10.1 Å². The lowest BCUT2D eigenvalue weighted by molar-refractivity contribution is 0.147. The minimum Gasteiger partial charge on any atom is -0.382 e. The van der Waals surface area contributed by atoms with Crippen LogP contribution in [0.2, 0.25) is 0 Å². The summed E-state index contributed by atoms with van der Waals surface area (Å²) >= 11 is 1.55. The van der Waals surface area contributed by atoms with Crippen molar-refractivity contribution in [3.63, 3.8) is 0 Å². The quantitative estimate of drug-likeness (QED) is 0.612. The summed E-state index contributed by atoms with van der Waals surface area (Å²) in [5.74, 6) is 0. The number of anilines is 1. The van der Waals surface area contributed by atoms with Crippen molar-refractivity contribution >= 4 is 26.5 Å². The molecule has 8 heteroatoms. The topological polar surface area (TPSA) is 71.5 Å². The number of hydrogen-bond donors (Lipinski definition) is 1. The zero-order valence-corrected chi connectivity index (χ0v) is 18.0. The third kappa shape index (κ3) is 5.53. The monoisotopic (exact) mass is 423 g/mol. The Kier molecular flexibility index (Phi) is 7.84. The van der Waals surface area contributed by atoms with E-state index in [0.29, 0.717) is 18.0 Å². The number of benzene rings is 1. The van der Waals surface area contributed by atoms with Crippen LogP contribution in [-0.4, -0.2) is 50.6 Å². The summed E-state index contributed by atoms with van der Waals surface area (Å²) in [4.78, 5) is 4.96. The maximum Gasteiger partial charge on any atom is 0.243 e. The number of nitrogens with zero attached hydrogens (tertiary/aromatic N) is 2. The molecule has 0 unspecified atom stereocenters. The molecule has 0 atom stereocenters. The molecule has 1 aromatic carbocycles. The molecule has 0 saturated carbocycles. The fourth-order valence-electron chi connectivity index (χ4n) is 3.23. The van der Waals surface area contributed by atoms with Gasteiger partial charge in [-0.2, -0.15) is 4.31 Å². The van der Waals surface area contributed by atoms with Gasteiger partial charge in [-0.1, -0.05) is 25.0 Å². The Hall–Kier alpha value is -1.48. The highest BCUT2D eigenvalue weighted by atomic mass is 32.2. The molecule has 0 amide bonds. The molecule has 28 heavy (non-hydrogen) atoms. The standard InChI is InChI=1S/C20H29N3O3S2/c1-2-26-15-7-12-21-20-22-19(16-27-20)17-8-10-18(11-9-17)28(24,25)23-13-5-3-4-6-14-23/h8-11,16H,2-7,12-15H2,1H3,(H,21,22). The van der Waals surface area contributed by atoms with Crippen molar-refractivity contribution in [2.45, 2.75) is 43.9 Å². The number of aromatic nitrogens is 1. The molecule has 1 fully saturated rings. The van der Waals surface area contributed by atoms with E-state index in [9.17, 15) is 8.42 Å². The minimum absolute atomic E-state index is 0.364. The molecule has 1 aliphatic heterocycles. The highest BCUT2D eigenvalue weighted by molar-refractivity contribution is 7.89. The maximum atomic E-state index is 12.9. The number of sulfonamides is 1. The number of hydrogen-bond acceptors (Lipinski definition) is 6. The van der Waals surface area contributed by atoms with E-state index in [2.05, 4.69) is 10.3 Å². The first-order valence-electron chi connectivity index (χ1n) is 9.99. The molecule has 6 nitrogen and oxygen atoms in total. The summed E-state index contributed by atoms with van der Waals surface area (Å²) in [6.07, 6.45) is 5.03. The lowest BCUT2D eigenvalue weighted by Crippen LogP contribution is -2.31. The van der Waals surface area contributed by atoms with E-state index in [1.807, 2.05) is 24.4 Å². The molecule has 0 aliphatic carbocycles. The molecule has 2 aromatic rings. The molecule has 1 saturated heterocycles. The fraction of sp³-hybridized carbons (Fsp3) is 0.550. The normalized spacial score (nSPS) is 16.0. The van der Waals surface area contributed by atoms with Crippen LogP contribution in [-0.2, 0) is 14.8 Å². The first kappa shape index (κ1) is 21.2. The predicted octanol–water partition coefficient (Wildman–Crippen LogP) is 4.21. The van der Waals surface area contributed by atoms with E-state index in [4.69, 9.17) is 4.74 Å². The largest absolute Gasteiger partial charge is 0.382 e. The smallest absolute Gasteiger partial charge is 0.243 e. The summed E-state index contributed by atoms with van der Waals surface area (Å²) in [5, 5.41) is 6.16. The lowest BCUT2D eigenvalue weighted by atomic mass is 10.2. The average molecular weight is 424 g/mol. The molecule has 1 aliphatic rings. The fourth-order valence-corrected chi connectivity index (χ4v) is 5.50. The van der Waals surface area contributed by atoms with E-state index in [-0.39, 0.29) is 0 Å². The van der Waals surface area contributed by atoms with Gasteiger partial charge in [0, 0.05) is 43.8 Å². The van der Waals surface area contributed by atoms with Gasteiger partial charge in [0.1, 0.15) is 0 Å². The Bertz CT molecular complexity index is 827. The van der Waals surface area contributed by atoms with Gasteiger partial charge in [-0.05, 0) is 38.3 Å². The first-order chi connectivity index (χ1) is 13.6. The van der Waals surface area contributed by atoms with Crippen LogP contribution in [0.1, 0.15) is 39.0 Å². The second-order valence-electron chi connectivity index (χ2n) is 6.86. The summed E-state index contributed by atoms with van der Waals surface area (Å²) in [5.41, 5.74) is 1.78. The molecule has 154 valence electrons. The maximum absolute atomic E-state index is 12.9. The van der Waals surface area contributed by atoms with Gasteiger partial charge in [0.25, 0.3) is 0 Å². The third-order valence-electron chi connectivity index (χ3n) is 4.80. The SMILES string of the molecule is CCOCCCNc1nc(-c2ccc(S(=O)(=O)N3CCCCCC3)cc2)cs1. The van der Waals surface area contributed by atoms with E-state index < -0.39 is 10.0 Å². The highest BCUT2D eigenvalue weighted by Gasteiger charge is 2.25. The van der Waals surface area contributed by atoms with E-state index in [1.54, 1.807) is 27.8 Å². The Morgan fingerprint density at radius 2 is 1.86 bits per heavy atom. The van der Waals surface area contributed by atoms with Gasteiger partial charge in [-0.25, -0.2) is 13.4 Å². The van der Waals surface area contributed by atoms with Crippen LogP contribution in [0, 0.1) is 0 Å². The molecule has 1 N–H and O–H groups in total. The van der Waals surface area contributed by atoms with Crippen LogP contribution in [0.4, 0.5) is 5.13 Å². The van der Waals surface area contributed by atoms with Crippen LogP contribution in [0.25, 0.3) is 11.3 Å². The number of thiazole rings is 1. The minimum atomic E-state index is -3.41. The average Bonchev–Trinajstić information content (AvgIpc) is 3.00. The van der Waals surface area contributed by atoms with Gasteiger partial charge in [0.15, 0.2) is 5.13 Å². The summed E-state index contributed by atoms with van der Waals surface area (Å²) < 4.78 is 32.7. The lowest BCUT2D eigenvalue weighted by Gasteiger charge is -2.19. The Morgan fingerprint density at radius 1 is 1.14 bits per heavy atom. The zero-order chi connectivity index (χ0) is 19.8. The first-order valence-corrected chi connectivity index (χ1v) is 12.3. The molecular formula is C20H29N3O3S2. The van der Waals surface area contributed by atoms with Crippen LogP contribution >= 0.6 is 11.3 Å². The highest BCUT2D eigenvalue weighted by Crippen LogP contribution is 2.27. The number of ether oxygens (including phenoxy) is 1. The Balaban J connectivity index is 1.62. The Labute approximate surface area is 172 Å². The molecular weight excluding hydrogens is 394 g/mol.